The molecule has 0 heterocycles. The Morgan fingerprint density at radius 1 is 0.925 bits per heavy atom. The summed E-state index contributed by atoms with van der Waals surface area (Å²) in [7, 11) is -4.15. The van der Waals surface area contributed by atoms with Crippen LogP contribution in [0.5, 0.6) is 0 Å². The zero-order chi connectivity index (χ0) is 29.4. The van der Waals surface area contributed by atoms with Crippen LogP contribution in [0.2, 0.25) is 5.02 Å². The Morgan fingerprint density at radius 3 is 2.20 bits per heavy atom. The smallest absolute Gasteiger partial charge is 0.264 e. The van der Waals surface area contributed by atoms with Crippen molar-refractivity contribution in [3.05, 3.63) is 94.5 Å². The number of amides is 2. The van der Waals surface area contributed by atoms with E-state index >= 15 is 0 Å². The second-order valence-corrected chi connectivity index (χ2v) is 12.3. The van der Waals surface area contributed by atoms with Gasteiger partial charge < -0.3 is 10.2 Å². The third kappa shape index (κ3) is 7.64. The average molecular weight is 584 g/mol. The molecule has 0 aromatic heterocycles. The topological polar surface area (TPSA) is 86.8 Å². The van der Waals surface area contributed by atoms with E-state index in [0.29, 0.717) is 22.7 Å². The molecule has 40 heavy (non-hydrogen) atoms. The minimum atomic E-state index is -4.15. The Labute approximate surface area is 243 Å². The maximum atomic E-state index is 14.1. The Hall–Kier alpha value is -3.36. The van der Waals surface area contributed by atoms with Crippen LogP contribution in [0.15, 0.2) is 77.7 Å². The van der Waals surface area contributed by atoms with Crippen molar-refractivity contribution in [2.24, 2.45) is 0 Å². The lowest BCUT2D eigenvalue weighted by molar-refractivity contribution is -0.140. The number of carbonyl (C=O) groups excluding carboxylic acids is 2. The van der Waals surface area contributed by atoms with E-state index in [0.717, 1.165) is 21.9 Å². The molecule has 9 heteroatoms. The summed E-state index contributed by atoms with van der Waals surface area (Å²) in [6.45, 7) is 9.18. The molecule has 0 aliphatic heterocycles. The van der Waals surface area contributed by atoms with E-state index < -0.39 is 28.5 Å². The normalized spacial score (nSPS) is 12.8. The minimum absolute atomic E-state index is 0.0137. The van der Waals surface area contributed by atoms with E-state index in [4.69, 9.17) is 11.6 Å². The third-order valence-corrected chi connectivity index (χ3v) is 8.91. The maximum absolute atomic E-state index is 14.1. The predicted molar refractivity (Wildman–Crippen MR) is 161 cm³/mol. The first kappa shape index (κ1) is 31.2. The lowest BCUT2D eigenvalue weighted by Crippen LogP contribution is -2.53. The van der Waals surface area contributed by atoms with Gasteiger partial charge in [0.25, 0.3) is 10.0 Å². The molecule has 2 amide bonds. The molecule has 0 aliphatic rings. The zero-order valence-electron chi connectivity index (χ0n) is 23.7. The summed E-state index contributed by atoms with van der Waals surface area (Å²) < 4.78 is 29.0. The van der Waals surface area contributed by atoms with E-state index in [1.54, 1.807) is 25.1 Å². The Balaban J connectivity index is 2.07. The van der Waals surface area contributed by atoms with Crippen LogP contribution >= 0.6 is 11.6 Å². The molecular formula is C31H38ClN3O4S. The molecule has 0 saturated heterocycles. The molecule has 3 rings (SSSR count). The molecule has 3 aromatic rings. The summed E-state index contributed by atoms with van der Waals surface area (Å²) in [4.78, 5) is 29.0. The molecular weight excluding hydrogens is 546 g/mol. The number of carbonyl (C=O) groups is 2. The van der Waals surface area contributed by atoms with E-state index in [1.807, 2.05) is 58.0 Å². The molecule has 0 fully saturated rings. The average Bonchev–Trinajstić information content (AvgIpc) is 2.92. The van der Waals surface area contributed by atoms with E-state index in [-0.39, 0.29) is 23.4 Å². The van der Waals surface area contributed by atoms with Gasteiger partial charge >= 0.3 is 0 Å². The molecule has 0 spiro atoms. The summed E-state index contributed by atoms with van der Waals surface area (Å²) in [5.41, 5.74) is 2.96. The molecule has 3 aromatic carbocycles. The Kier molecular flexibility index (Phi) is 10.8. The molecule has 1 N–H and O–H groups in total. The molecule has 0 unspecified atom stereocenters. The number of anilines is 1. The second-order valence-electron chi connectivity index (χ2n) is 10.0. The molecule has 7 nitrogen and oxygen atoms in total. The van der Waals surface area contributed by atoms with Crippen LogP contribution in [0.25, 0.3) is 0 Å². The van der Waals surface area contributed by atoms with Gasteiger partial charge in [0.15, 0.2) is 0 Å². The lowest BCUT2D eigenvalue weighted by Gasteiger charge is -2.34. The van der Waals surface area contributed by atoms with Gasteiger partial charge in [-0.15, -0.1) is 0 Å². The number of sulfonamides is 1. The van der Waals surface area contributed by atoms with Gasteiger partial charge in [-0.05, 0) is 75.1 Å². The lowest BCUT2D eigenvalue weighted by atomic mass is 10.1. The fraction of sp³-hybridized carbons (Fsp3) is 0.355. The van der Waals surface area contributed by atoms with Gasteiger partial charge in [0.2, 0.25) is 11.8 Å². The van der Waals surface area contributed by atoms with Gasteiger partial charge in [-0.25, -0.2) is 8.42 Å². The molecule has 2 atom stereocenters. The van der Waals surface area contributed by atoms with Gasteiger partial charge in [-0.3, -0.25) is 13.9 Å². The van der Waals surface area contributed by atoms with Crippen molar-refractivity contribution in [1.82, 2.24) is 10.2 Å². The second kappa shape index (κ2) is 13.8. The Morgan fingerprint density at radius 2 is 1.60 bits per heavy atom. The number of rotatable bonds is 12. The van der Waals surface area contributed by atoms with Gasteiger partial charge in [0.1, 0.15) is 12.6 Å². The van der Waals surface area contributed by atoms with Gasteiger partial charge in [0, 0.05) is 17.6 Å². The van der Waals surface area contributed by atoms with Crippen LogP contribution < -0.4 is 9.62 Å². The van der Waals surface area contributed by atoms with Crippen LogP contribution in [0.4, 0.5) is 5.69 Å². The fourth-order valence-electron chi connectivity index (χ4n) is 4.46. The van der Waals surface area contributed by atoms with Gasteiger partial charge in [-0.1, -0.05) is 73.5 Å². The number of aryl methyl sites for hydroxylation is 2. The van der Waals surface area contributed by atoms with Crippen molar-refractivity contribution in [3.8, 4) is 0 Å². The zero-order valence-corrected chi connectivity index (χ0v) is 25.3. The number of nitrogens with zero attached hydrogens (tertiary/aromatic N) is 2. The largest absolute Gasteiger partial charge is 0.352 e. The molecule has 0 aliphatic carbocycles. The van der Waals surface area contributed by atoms with Gasteiger partial charge in [0.05, 0.1) is 10.6 Å². The van der Waals surface area contributed by atoms with Crippen molar-refractivity contribution >= 4 is 39.1 Å². The van der Waals surface area contributed by atoms with Crippen LogP contribution in [-0.4, -0.2) is 43.8 Å². The number of hydrogen-bond acceptors (Lipinski definition) is 4. The highest BCUT2D eigenvalue weighted by molar-refractivity contribution is 7.92. The number of halogens is 1. The van der Waals surface area contributed by atoms with Crippen LogP contribution in [0, 0.1) is 13.8 Å². The highest BCUT2D eigenvalue weighted by Crippen LogP contribution is 2.28. The third-order valence-electron chi connectivity index (χ3n) is 6.89. The fourth-order valence-corrected chi connectivity index (χ4v) is 6.06. The summed E-state index contributed by atoms with van der Waals surface area (Å²) in [5, 5.41) is 3.39. The van der Waals surface area contributed by atoms with Crippen molar-refractivity contribution in [3.63, 3.8) is 0 Å². The van der Waals surface area contributed by atoms with Crippen molar-refractivity contribution < 1.29 is 18.0 Å². The first-order chi connectivity index (χ1) is 19.0. The summed E-state index contributed by atoms with van der Waals surface area (Å²) >= 11 is 6.02. The number of benzene rings is 3. The van der Waals surface area contributed by atoms with E-state index in [2.05, 4.69) is 5.32 Å². The van der Waals surface area contributed by atoms with Crippen molar-refractivity contribution in [1.29, 1.82) is 0 Å². The standard InChI is InChI=1S/C31H38ClN3O4S/c1-6-24(5)33-31(37)28(7-2)34(20-25-13-10-11-22(3)19-25)30(36)21-35(29-14-9-8-12-23(29)4)40(38,39)27-17-15-26(32)16-18-27/h8-19,24,28H,6-7,20-21H2,1-5H3,(H,33,37)/t24-,28-/m1/s1. The monoisotopic (exact) mass is 583 g/mol. The summed E-state index contributed by atoms with van der Waals surface area (Å²) in [6.07, 6.45) is 1.11. The SMILES string of the molecule is CC[C@@H](C)NC(=O)[C@@H](CC)N(Cc1cccc(C)c1)C(=O)CN(c1ccccc1C)S(=O)(=O)c1ccc(Cl)cc1. The van der Waals surface area contributed by atoms with Crippen LogP contribution in [0.1, 0.15) is 50.3 Å². The minimum Gasteiger partial charge on any atom is -0.352 e. The quantitative estimate of drug-likeness (QED) is 0.289. The van der Waals surface area contributed by atoms with Gasteiger partial charge in [-0.2, -0.15) is 0 Å². The number of hydrogen-bond donors (Lipinski definition) is 1. The maximum Gasteiger partial charge on any atom is 0.264 e. The summed E-state index contributed by atoms with van der Waals surface area (Å²) in [5.74, 6) is -0.741. The highest BCUT2D eigenvalue weighted by atomic mass is 35.5. The molecule has 214 valence electrons. The molecule has 0 saturated carbocycles. The van der Waals surface area contributed by atoms with Crippen LogP contribution in [-0.2, 0) is 26.2 Å². The van der Waals surface area contributed by atoms with Crippen molar-refractivity contribution in [2.75, 3.05) is 10.8 Å². The number of para-hydroxylation sites is 1. The number of nitrogens with one attached hydrogen (secondary N) is 1. The highest BCUT2D eigenvalue weighted by Gasteiger charge is 2.34. The van der Waals surface area contributed by atoms with E-state index in [1.165, 1.54) is 29.2 Å². The first-order valence-electron chi connectivity index (χ1n) is 13.5. The molecule has 0 radical (unpaired) electrons. The van der Waals surface area contributed by atoms with Crippen molar-refractivity contribution in [2.45, 2.75) is 71.0 Å². The summed E-state index contributed by atoms with van der Waals surface area (Å²) in [6, 6.07) is 19.7. The predicted octanol–water partition coefficient (Wildman–Crippen LogP) is 5.87. The first-order valence-corrected chi connectivity index (χ1v) is 15.3. The Bertz CT molecular complexity index is 1430. The van der Waals surface area contributed by atoms with E-state index in [9.17, 15) is 18.0 Å². The van der Waals surface area contributed by atoms with Crippen LogP contribution in [0.3, 0.4) is 0 Å². The molecule has 0 bridgehead atoms.